The molecular formula is C17H31N3U. The van der Waals surface area contributed by atoms with Crippen LogP contribution in [0, 0.1) is 31.1 Å². The van der Waals surface area contributed by atoms with Crippen LogP contribution in [0.2, 0.25) is 0 Å². The molecule has 118 valence electrons. The van der Waals surface area contributed by atoms with Gasteiger partial charge in [0.15, 0.2) is 0 Å². The third-order valence-corrected chi connectivity index (χ3v) is 1.79. The Labute approximate surface area is 155 Å². The summed E-state index contributed by atoms with van der Waals surface area (Å²) < 4.78 is 0. The fourth-order valence-corrected chi connectivity index (χ4v) is 1.18. The Bertz CT molecular complexity index is 340. The number of amidine groups is 1. The molecule has 3 nitrogen and oxygen atoms in total. The monoisotopic (exact) mass is 515 g/mol. The van der Waals surface area contributed by atoms with E-state index in [0.717, 1.165) is 12.0 Å². The van der Waals surface area contributed by atoms with Crippen molar-refractivity contribution in [2.24, 2.45) is 10.7 Å². The SMILES string of the molecule is CC.CC.C\C=C/C(=C\C(C)=C\CC)C(=[N-])N=[C-]CN.[U+2]. The fraction of sp³-hybridized carbons (Fsp3) is 0.529. The predicted octanol–water partition coefficient (Wildman–Crippen LogP) is 4.77. The van der Waals surface area contributed by atoms with Crippen LogP contribution in [0.3, 0.4) is 0 Å². The van der Waals surface area contributed by atoms with Gasteiger partial charge in [0.1, 0.15) is 0 Å². The van der Waals surface area contributed by atoms with Gasteiger partial charge in [-0.1, -0.05) is 71.0 Å². The maximum Gasteiger partial charge on any atom is 2.00 e. The Morgan fingerprint density at radius 2 is 1.76 bits per heavy atom. The summed E-state index contributed by atoms with van der Waals surface area (Å²) in [4.78, 5) is 3.73. The van der Waals surface area contributed by atoms with Gasteiger partial charge >= 0.3 is 31.1 Å². The zero-order valence-corrected chi connectivity index (χ0v) is 18.9. The van der Waals surface area contributed by atoms with Crippen molar-refractivity contribution in [1.82, 2.24) is 0 Å². The topological polar surface area (TPSA) is 60.7 Å². The molecule has 0 aromatic rings. The van der Waals surface area contributed by atoms with E-state index >= 15 is 0 Å². The second-order valence-corrected chi connectivity index (χ2v) is 3.25. The summed E-state index contributed by atoms with van der Waals surface area (Å²) >= 11 is 0. The molecular weight excluding hydrogens is 484 g/mol. The van der Waals surface area contributed by atoms with Crippen molar-refractivity contribution in [3.8, 4) is 0 Å². The Balaban J connectivity index is -0.000000264. The molecule has 0 aliphatic rings. The minimum Gasteiger partial charge on any atom is -0.640 e. The van der Waals surface area contributed by atoms with E-state index in [1.54, 1.807) is 6.08 Å². The number of allylic oxidation sites excluding steroid dienone is 4. The van der Waals surface area contributed by atoms with Crippen LogP contribution in [0.5, 0.6) is 0 Å². The van der Waals surface area contributed by atoms with Crippen molar-refractivity contribution in [2.75, 3.05) is 6.54 Å². The van der Waals surface area contributed by atoms with Gasteiger partial charge in [0, 0.05) is 0 Å². The summed E-state index contributed by atoms with van der Waals surface area (Å²) in [6, 6.07) is 0. The summed E-state index contributed by atoms with van der Waals surface area (Å²) in [6.07, 6.45) is 11.1. The number of nitrogens with two attached hydrogens (primary N) is 1. The molecule has 0 heterocycles. The van der Waals surface area contributed by atoms with Crippen LogP contribution in [0.4, 0.5) is 0 Å². The molecule has 0 aliphatic heterocycles. The van der Waals surface area contributed by atoms with Crippen molar-refractivity contribution in [3.05, 3.63) is 40.9 Å². The maximum absolute atomic E-state index is 9.67. The molecule has 0 atom stereocenters. The molecule has 21 heavy (non-hydrogen) atoms. The van der Waals surface area contributed by atoms with E-state index in [-0.39, 0.29) is 43.5 Å². The first-order valence-corrected chi connectivity index (χ1v) is 7.36. The molecule has 0 aromatic carbocycles. The van der Waals surface area contributed by atoms with Gasteiger partial charge in [-0.2, -0.15) is 0 Å². The van der Waals surface area contributed by atoms with Gasteiger partial charge in [0.05, 0.1) is 0 Å². The minimum absolute atomic E-state index is 0. The molecule has 0 saturated heterocycles. The van der Waals surface area contributed by atoms with Crippen molar-refractivity contribution in [3.63, 3.8) is 0 Å². The summed E-state index contributed by atoms with van der Waals surface area (Å²) in [5.74, 6) is -0.0626. The van der Waals surface area contributed by atoms with E-state index in [1.807, 2.05) is 53.7 Å². The summed E-state index contributed by atoms with van der Waals surface area (Å²) in [7, 11) is 0. The quantitative estimate of drug-likeness (QED) is 0.244. The first-order chi connectivity index (χ1) is 9.65. The van der Waals surface area contributed by atoms with Crippen molar-refractivity contribution in [2.45, 2.75) is 54.9 Å². The number of aliphatic imine (C=N–C) groups is 1. The average Bonchev–Trinajstić information content (AvgIpc) is 2.48. The summed E-state index contributed by atoms with van der Waals surface area (Å²) in [6.45, 7) is 14.1. The van der Waals surface area contributed by atoms with Crippen LogP contribution < -0.4 is 5.73 Å². The second-order valence-electron chi connectivity index (χ2n) is 3.25. The van der Waals surface area contributed by atoms with Crippen molar-refractivity contribution < 1.29 is 31.1 Å². The molecule has 4 heteroatoms. The molecule has 0 amide bonds. The van der Waals surface area contributed by atoms with Gasteiger partial charge in [-0.05, 0) is 20.3 Å². The molecule has 0 fully saturated rings. The largest absolute Gasteiger partial charge is 2.00 e. The summed E-state index contributed by atoms with van der Waals surface area (Å²) in [5, 5.41) is 9.67. The predicted molar refractivity (Wildman–Crippen MR) is 94.5 cm³/mol. The number of hydrogen-bond donors (Lipinski definition) is 1. The van der Waals surface area contributed by atoms with E-state index in [2.05, 4.69) is 24.2 Å². The molecule has 0 saturated carbocycles. The molecule has 2 N–H and O–H groups in total. The van der Waals surface area contributed by atoms with Gasteiger partial charge in [-0.25, -0.2) is 5.84 Å². The smallest absolute Gasteiger partial charge is 0.640 e. The van der Waals surface area contributed by atoms with E-state index in [4.69, 9.17) is 5.73 Å². The van der Waals surface area contributed by atoms with Crippen LogP contribution in [0.15, 0.2) is 40.4 Å². The first kappa shape index (κ1) is 28.7. The standard InChI is InChI=1S/C13H19N3.2C2H6.U/c1-4-6-11(3)10-12(7-5-2)13(15)16-9-8-14;2*1-2;/h5-7,10H,4,8,14H2,1-3H3;2*1-2H3;/q-2;;;+2/b7-5-,11-6+,12-10+;;;. The van der Waals surface area contributed by atoms with Crippen LogP contribution in [0.1, 0.15) is 54.9 Å². The molecule has 0 unspecified atom stereocenters. The minimum atomic E-state index is -0.0626. The van der Waals surface area contributed by atoms with Gasteiger partial charge in [-0.15, -0.1) is 5.57 Å². The van der Waals surface area contributed by atoms with Crippen LogP contribution in [-0.4, -0.2) is 18.6 Å². The summed E-state index contributed by atoms with van der Waals surface area (Å²) in [5.41, 5.74) is 6.97. The van der Waals surface area contributed by atoms with Crippen LogP contribution in [0.25, 0.3) is 5.41 Å². The Morgan fingerprint density at radius 3 is 2.14 bits per heavy atom. The zero-order valence-electron chi connectivity index (χ0n) is 14.7. The number of rotatable bonds is 5. The Hall–Kier alpha value is -0.428. The molecule has 0 bridgehead atoms. The third-order valence-electron chi connectivity index (χ3n) is 1.79. The van der Waals surface area contributed by atoms with Gasteiger partial charge in [0.25, 0.3) is 0 Å². The number of hydrogen-bond acceptors (Lipinski definition) is 1. The molecule has 0 aliphatic carbocycles. The third kappa shape index (κ3) is 19.6. The van der Waals surface area contributed by atoms with Crippen molar-refractivity contribution in [1.29, 1.82) is 0 Å². The normalized spacial score (nSPS) is 11.2. The Kier molecular flexibility index (Phi) is 33.6. The molecule has 0 radical (unpaired) electrons. The zero-order chi connectivity index (χ0) is 16.4. The van der Waals surface area contributed by atoms with Crippen LogP contribution in [-0.2, 0) is 0 Å². The number of nitrogens with zero attached hydrogens (tertiary/aromatic N) is 2. The van der Waals surface area contributed by atoms with Gasteiger partial charge in [-0.3, -0.25) is 6.21 Å². The average molecular weight is 515 g/mol. The maximum atomic E-state index is 9.67. The molecule has 0 rings (SSSR count). The van der Waals surface area contributed by atoms with E-state index < -0.39 is 0 Å². The van der Waals surface area contributed by atoms with E-state index in [1.165, 1.54) is 0 Å². The van der Waals surface area contributed by atoms with E-state index in [0.29, 0.717) is 5.57 Å². The first-order valence-electron chi connectivity index (χ1n) is 7.36. The van der Waals surface area contributed by atoms with Crippen LogP contribution >= 0.6 is 0 Å². The Morgan fingerprint density at radius 1 is 1.24 bits per heavy atom. The molecule has 0 spiro atoms. The van der Waals surface area contributed by atoms with Gasteiger partial charge in [0.2, 0.25) is 0 Å². The van der Waals surface area contributed by atoms with Gasteiger partial charge < -0.3 is 16.1 Å². The second kappa shape index (κ2) is 24.6. The van der Waals surface area contributed by atoms with E-state index in [9.17, 15) is 5.41 Å². The van der Waals surface area contributed by atoms with Crippen molar-refractivity contribution >= 4 is 12.1 Å². The fourth-order valence-electron chi connectivity index (χ4n) is 1.18. The molecule has 0 aromatic heterocycles.